The van der Waals surface area contributed by atoms with Gasteiger partial charge in [0.2, 0.25) is 0 Å². The lowest BCUT2D eigenvalue weighted by Gasteiger charge is -2.17. The second-order valence-corrected chi connectivity index (χ2v) is 7.05. The smallest absolute Gasteiger partial charge is 0.0426 e. The average molecular weight is 344 g/mol. The van der Waals surface area contributed by atoms with Gasteiger partial charge in [-0.2, -0.15) is 0 Å². The molecule has 1 nitrogen and oxygen atoms in total. The van der Waals surface area contributed by atoms with E-state index in [2.05, 4.69) is 57.1 Å². The molecule has 4 heteroatoms. The summed E-state index contributed by atoms with van der Waals surface area (Å²) in [5.74, 6) is 0. The maximum absolute atomic E-state index is 3.64. The predicted octanol–water partition coefficient (Wildman–Crippen LogP) is 5.25. The van der Waals surface area contributed by atoms with Crippen LogP contribution in [0.15, 0.2) is 33.4 Å². The molecule has 1 N–H and O–H groups in total. The Kier molecular flexibility index (Phi) is 5.89. The van der Waals surface area contributed by atoms with Gasteiger partial charge in [-0.1, -0.05) is 13.0 Å². The molecule has 18 heavy (non-hydrogen) atoms. The van der Waals surface area contributed by atoms with Crippen LogP contribution in [0.2, 0.25) is 0 Å². The van der Waals surface area contributed by atoms with Crippen molar-refractivity contribution in [1.29, 1.82) is 0 Å². The monoisotopic (exact) mass is 343 g/mol. The first-order chi connectivity index (χ1) is 8.81. The highest BCUT2D eigenvalue weighted by molar-refractivity contribution is 9.10. The number of nitrogens with one attached hydrogen (secondary N) is 1. The molecule has 0 aliphatic rings. The first-order valence-electron chi connectivity index (χ1n) is 6.30. The highest BCUT2D eigenvalue weighted by Crippen LogP contribution is 2.32. The normalized spacial score (nSPS) is 12.8. The fraction of sp³-hybridized carbons (Fsp3) is 0.429. The van der Waals surface area contributed by atoms with Crippen LogP contribution in [0, 0.1) is 0 Å². The number of rotatable bonds is 7. The standard InChI is InChI=1S/C14H18BrNS2/c1-2-16-13(14-12(15)8-10-18-14)7-3-5-11-6-4-9-17-11/h4,6,8-10,13,16H,2-3,5,7H2,1H3. The molecule has 0 aliphatic heterocycles. The zero-order valence-corrected chi connectivity index (χ0v) is 13.7. The van der Waals surface area contributed by atoms with Crippen molar-refractivity contribution in [3.05, 3.63) is 43.2 Å². The molecule has 0 aromatic carbocycles. The lowest BCUT2D eigenvalue weighted by atomic mass is 10.1. The Balaban J connectivity index is 1.89. The van der Waals surface area contributed by atoms with E-state index in [-0.39, 0.29) is 0 Å². The molecule has 2 aromatic heterocycles. The number of hydrogen-bond donors (Lipinski definition) is 1. The van der Waals surface area contributed by atoms with E-state index in [1.54, 1.807) is 0 Å². The Morgan fingerprint density at radius 1 is 1.28 bits per heavy atom. The van der Waals surface area contributed by atoms with E-state index in [1.165, 1.54) is 33.5 Å². The van der Waals surface area contributed by atoms with Gasteiger partial charge in [-0.3, -0.25) is 0 Å². The van der Waals surface area contributed by atoms with Crippen LogP contribution < -0.4 is 5.32 Å². The number of aryl methyl sites for hydroxylation is 1. The fourth-order valence-electron chi connectivity index (χ4n) is 2.06. The molecule has 2 rings (SSSR count). The van der Waals surface area contributed by atoms with Crippen molar-refractivity contribution < 1.29 is 0 Å². The molecule has 0 bridgehead atoms. The number of hydrogen-bond acceptors (Lipinski definition) is 3. The van der Waals surface area contributed by atoms with Gasteiger partial charge < -0.3 is 5.32 Å². The largest absolute Gasteiger partial charge is 0.309 e. The van der Waals surface area contributed by atoms with Gasteiger partial charge in [0.15, 0.2) is 0 Å². The van der Waals surface area contributed by atoms with Crippen LogP contribution in [-0.2, 0) is 6.42 Å². The quantitative estimate of drug-likeness (QED) is 0.724. The van der Waals surface area contributed by atoms with Crippen molar-refractivity contribution in [3.8, 4) is 0 Å². The van der Waals surface area contributed by atoms with Gasteiger partial charge in [0.1, 0.15) is 0 Å². The molecule has 0 aliphatic carbocycles. The van der Waals surface area contributed by atoms with Crippen molar-refractivity contribution >= 4 is 38.6 Å². The maximum Gasteiger partial charge on any atom is 0.0426 e. The minimum atomic E-state index is 0.490. The summed E-state index contributed by atoms with van der Waals surface area (Å²) in [5, 5.41) is 7.91. The van der Waals surface area contributed by atoms with Gasteiger partial charge in [-0.15, -0.1) is 22.7 Å². The summed E-state index contributed by atoms with van der Waals surface area (Å²) in [7, 11) is 0. The van der Waals surface area contributed by atoms with E-state index in [1.807, 2.05) is 22.7 Å². The maximum atomic E-state index is 3.64. The third-order valence-corrected chi connectivity index (χ3v) is 5.83. The lowest BCUT2D eigenvalue weighted by molar-refractivity contribution is 0.504. The molecule has 0 radical (unpaired) electrons. The molecule has 0 fully saturated rings. The zero-order valence-electron chi connectivity index (χ0n) is 10.5. The molecule has 0 spiro atoms. The molecule has 2 aromatic rings. The lowest BCUT2D eigenvalue weighted by Crippen LogP contribution is -2.20. The molecule has 2 heterocycles. The van der Waals surface area contributed by atoms with Crippen molar-refractivity contribution in [2.45, 2.75) is 32.2 Å². The molecule has 1 unspecified atom stereocenters. The van der Waals surface area contributed by atoms with E-state index >= 15 is 0 Å². The Bertz CT molecular complexity index is 450. The molecule has 0 saturated carbocycles. The van der Waals surface area contributed by atoms with Crippen LogP contribution in [-0.4, -0.2) is 6.54 Å². The summed E-state index contributed by atoms with van der Waals surface area (Å²) in [5.41, 5.74) is 0. The van der Waals surface area contributed by atoms with Gasteiger partial charge >= 0.3 is 0 Å². The highest BCUT2D eigenvalue weighted by atomic mass is 79.9. The first-order valence-corrected chi connectivity index (χ1v) is 8.85. The Labute approximate surface area is 125 Å². The van der Waals surface area contributed by atoms with E-state index in [4.69, 9.17) is 0 Å². The SMILES string of the molecule is CCNC(CCCc1cccs1)c1sccc1Br. The minimum Gasteiger partial charge on any atom is -0.309 e. The van der Waals surface area contributed by atoms with Gasteiger partial charge in [0.05, 0.1) is 0 Å². The topological polar surface area (TPSA) is 12.0 Å². The third kappa shape index (κ3) is 3.92. The second kappa shape index (κ2) is 7.43. The van der Waals surface area contributed by atoms with E-state index in [9.17, 15) is 0 Å². The average Bonchev–Trinajstić information content (AvgIpc) is 2.99. The van der Waals surface area contributed by atoms with Crippen LogP contribution in [0.3, 0.4) is 0 Å². The molecular formula is C14H18BrNS2. The van der Waals surface area contributed by atoms with E-state index in [0.717, 1.165) is 6.54 Å². The van der Waals surface area contributed by atoms with Crippen molar-refractivity contribution in [1.82, 2.24) is 5.32 Å². The Morgan fingerprint density at radius 2 is 2.17 bits per heavy atom. The first kappa shape index (κ1) is 14.3. The molecule has 1 atom stereocenters. The van der Waals surface area contributed by atoms with E-state index in [0.29, 0.717) is 6.04 Å². The van der Waals surface area contributed by atoms with Crippen LogP contribution in [0.25, 0.3) is 0 Å². The van der Waals surface area contributed by atoms with Crippen LogP contribution in [0.4, 0.5) is 0 Å². The number of thiophene rings is 2. The zero-order chi connectivity index (χ0) is 12.8. The number of halogens is 1. The third-order valence-electron chi connectivity index (χ3n) is 2.91. The molecule has 0 saturated heterocycles. The van der Waals surface area contributed by atoms with Gasteiger partial charge in [0.25, 0.3) is 0 Å². The Hall–Kier alpha value is -0.160. The summed E-state index contributed by atoms with van der Waals surface area (Å²) in [6.45, 7) is 3.20. The van der Waals surface area contributed by atoms with Crippen molar-refractivity contribution in [3.63, 3.8) is 0 Å². The predicted molar refractivity (Wildman–Crippen MR) is 85.7 cm³/mol. The van der Waals surface area contributed by atoms with Gasteiger partial charge in [0, 0.05) is 20.3 Å². The molecular weight excluding hydrogens is 326 g/mol. The molecule has 98 valence electrons. The van der Waals surface area contributed by atoms with Crippen LogP contribution in [0.1, 0.15) is 35.6 Å². The molecule has 0 amide bonds. The van der Waals surface area contributed by atoms with Crippen LogP contribution >= 0.6 is 38.6 Å². The summed E-state index contributed by atoms with van der Waals surface area (Å²) in [4.78, 5) is 2.93. The Morgan fingerprint density at radius 3 is 2.78 bits per heavy atom. The highest BCUT2D eigenvalue weighted by Gasteiger charge is 2.14. The van der Waals surface area contributed by atoms with Gasteiger partial charge in [-0.05, 0) is 64.6 Å². The summed E-state index contributed by atoms with van der Waals surface area (Å²) in [6, 6.07) is 7.00. The van der Waals surface area contributed by atoms with Crippen molar-refractivity contribution in [2.75, 3.05) is 6.54 Å². The summed E-state index contributed by atoms with van der Waals surface area (Å²) in [6.07, 6.45) is 3.63. The minimum absolute atomic E-state index is 0.490. The summed E-state index contributed by atoms with van der Waals surface area (Å²) >= 11 is 7.34. The van der Waals surface area contributed by atoms with Gasteiger partial charge in [-0.25, -0.2) is 0 Å². The van der Waals surface area contributed by atoms with Crippen LogP contribution in [0.5, 0.6) is 0 Å². The van der Waals surface area contributed by atoms with Crippen molar-refractivity contribution in [2.24, 2.45) is 0 Å². The van der Waals surface area contributed by atoms with E-state index < -0.39 is 0 Å². The summed E-state index contributed by atoms with van der Waals surface area (Å²) < 4.78 is 1.24. The second-order valence-electron chi connectivity index (χ2n) is 4.21. The fourth-order valence-corrected chi connectivity index (χ4v) is 4.57.